The molecule has 0 aromatic carbocycles. The number of hydrogen-bond donors (Lipinski definition) is 1. The van der Waals surface area contributed by atoms with Crippen molar-refractivity contribution in [1.29, 1.82) is 0 Å². The minimum absolute atomic E-state index is 0.338. The molecule has 6 nitrogen and oxygen atoms in total. The molecule has 0 spiro atoms. The van der Waals surface area contributed by atoms with E-state index >= 15 is 0 Å². The molecule has 3 rings (SSSR count). The van der Waals surface area contributed by atoms with Crippen LogP contribution in [0.4, 0.5) is 10.9 Å². The minimum Gasteiger partial charge on any atom is -0.462 e. The van der Waals surface area contributed by atoms with Crippen molar-refractivity contribution in [3.05, 3.63) is 41.4 Å². The fraction of sp³-hybridized carbons (Fsp3) is 0.143. The number of thiophene rings is 1. The third-order valence-corrected chi connectivity index (χ3v) is 4.54. The fourth-order valence-corrected chi connectivity index (χ4v) is 3.27. The van der Waals surface area contributed by atoms with E-state index in [1.165, 1.54) is 11.3 Å². The summed E-state index contributed by atoms with van der Waals surface area (Å²) >= 11 is 3.04. The summed E-state index contributed by atoms with van der Waals surface area (Å²) in [5.74, 6) is 0.156. The van der Waals surface area contributed by atoms with Gasteiger partial charge in [-0.2, -0.15) is 0 Å². The first-order chi connectivity index (χ1) is 10.8. The van der Waals surface area contributed by atoms with Crippen LogP contribution in [0.1, 0.15) is 17.3 Å². The highest BCUT2D eigenvalue weighted by atomic mass is 32.1. The van der Waals surface area contributed by atoms with Crippen molar-refractivity contribution in [3.8, 4) is 9.88 Å². The van der Waals surface area contributed by atoms with E-state index in [0.29, 0.717) is 23.1 Å². The molecule has 112 valence electrons. The second-order valence-corrected chi connectivity index (χ2v) is 6.09. The Morgan fingerprint density at radius 2 is 2.27 bits per heavy atom. The molecule has 22 heavy (non-hydrogen) atoms. The van der Waals surface area contributed by atoms with Crippen molar-refractivity contribution >= 4 is 39.6 Å². The van der Waals surface area contributed by atoms with Crippen molar-refractivity contribution in [3.63, 3.8) is 0 Å². The predicted octanol–water partition coefficient (Wildman–Crippen LogP) is 3.58. The molecule has 0 aliphatic heterocycles. The van der Waals surface area contributed by atoms with Gasteiger partial charge in [-0.15, -0.1) is 21.5 Å². The number of carbonyl (C=O) groups excluding carboxylic acids is 1. The maximum absolute atomic E-state index is 11.7. The van der Waals surface area contributed by atoms with E-state index in [1.807, 2.05) is 17.5 Å². The van der Waals surface area contributed by atoms with E-state index < -0.39 is 0 Å². The van der Waals surface area contributed by atoms with Crippen molar-refractivity contribution in [1.82, 2.24) is 15.2 Å². The lowest BCUT2D eigenvalue weighted by molar-refractivity contribution is 0.0526. The zero-order chi connectivity index (χ0) is 15.4. The molecule has 3 heterocycles. The van der Waals surface area contributed by atoms with Crippen LogP contribution in [0.3, 0.4) is 0 Å². The van der Waals surface area contributed by atoms with Crippen LogP contribution in [0, 0.1) is 0 Å². The quantitative estimate of drug-likeness (QED) is 0.720. The number of anilines is 2. The third-order valence-electron chi connectivity index (χ3n) is 2.66. The average molecular weight is 332 g/mol. The Labute approximate surface area is 134 Å². The number of aromatic nitrogens is 3. The fourth-order valence-electron chi connectivity index (χ4n) is 1.72. The summed E-state index contributed by atoms with van der Waals surface area (Å²) in [6, 6.07) is 7.21. The van der Waals surface area contributed by atoms with Crippen LogP contribution in [0.5, 0.6) is 0 Å². The number of esters is 1. The van der Waals surface area contributed by atoms with Crippen LogP contribution in [0.2, 0.25) is 0 Å². The van der Waals surface area contributed by atoms with Crippen LogP contribution < -0.4 is 5.32 Å². The molecule has 1 N–H and O–H groups in total. The van der Waals surface area contributed by atoms with Gasteiger partial charge in [0.2, 0.25) is 5.13 Å². The highest BCUT2D eigenvalue weighted by molar-refractivity contribution is 7.22. The summed E-state index contributed by atoms with van der Waals surface area (Å²) in [6.07, 6.45) is 1.55. The van der Waals surface area contributed by atoms with Gasteiger partial charge in [0.1, 0.15) is 5.82 Å². The van der Waals surface area contributed by atoms with Crippen molar-refractivity contribution in [2.75, 3.05) is 11.9 Å². The Hall–Kier alpha value is -2.32. The van der Waals surface area contributed by atoms with Gasteiger partial charge in [-0.25, -0.2) is 9.78 Å². The van der Waals surface area contributed by atoms with E-state index in [-0.39, 0.29) is 5.97 Å². The van der Waals surface area contributed by atoms with E-state index in [0.717, 1.165) is 9.88 Å². The highest BCUT2D eigenvalue weighted by Crippen LogP contribution is 2.30. The summed E-state index contributed by atoms with van der Waals surface area (Å²) < 4.78 is 4.97. The molecule has 8 heteroatoms. The van der Waals surface area contributed by atoms with Crippen molar-refractivity contribution in [2.24, 2.45) is 0 Å². The molecule has 0 aliphatic rings. The summed E-state index contributed by atoms with van der Waals surface area (Å²) in [5.41, 5.74) is 0.447. The van der Waals surface area contributed by atoms with Crippen molar-refractivity contribution < 1.29 is 9.53 Å². The Bertz CT molecular complexity index is 771. The topological polar surface area (TPSA) is 77.0 Å². The largest absolute Gasteiger partial charge is 0.462 e. The first-order valence-corrected chi connectivity index (χ1v) is 8.23. The van der Waals surface area contributed by atoms with Gasteiger partial charge in [0, 0.05) is 6.20 Å². The molecule has 0 saturated carbocycles. The van der Waals surface area contributed by atoms with Crippen molar-refractivity contribution in [2.45, 2.75) is 6.92 Å². The molecule has 0 aliphatic carbocycles. The van der Waals surface area contributed by atoms with Crippen LogP contribution in [0.15, 0.2) is 35.8 Å². The van der Waals surface area contributed by atoms with Gasteiger partial charge in [-0.3, -0.25) is 0 Å². The summed E-state index contributed by atoms with van der Waals surface area (Å²) in [5, 5.41) is 14.7. The molecule has 3 aromatic rings. The van der Waals surface area contributed by atoms with E-state index in [9.17, 15) is 4.79 Å². The Morgan fingerprint density at radius 1 is 1.36 bits per heavy atom. The van der Waals surface area contributed by atoms with Crippen LogP contribution in [-0.2, 0) is 4.74 Å². The number of carbonyl (C=O) groups is 1. The van der Waals surface area contributed by atoms with E-state index in [2.05, 4.69) is 20.5 Å². The number of nitrogens with one attached hydrogen (secondary N) is 1. The molecular formula is C14H12N4O2S2. The maximum Gasteiger partial charge on any atom is 0.338 e. The summed E-state index contributed by atoms with van der Waals surface area (Å²) in [6.45, 7) is 2.11. The third kappa shape index (κ3) is 3.29. The molecule has 0 amide bonds. The Morgan fingerprint density at radius 3 is 3.05 bits per heavy atom. The van der Waals surface area contributed by atoms with Gasteiger partial charge in [-0.05, 0) is 30.5 Å². The van der Waals surface area contributed by atoms with Gasteiger partial charge >= 0.3 is 5.97 Å². The van der Waals surface area contributed by atoms with E-state index in [1.54, 1.807) is 36.6 Å². The van der Waals surface area contributed by atoms with Gasteiger partial charge < -0.3 is 10.1 Å². The molecule has 0 atom stereocenters. The van der Waals surface area contributed by atoms with Crippen LogP contribution >= 0.6 is 22.7 Å². The molecule has 0 fully saturated rings. The molecule has 0 saturated heterocycles. The lowest BCUT2D eigenvalue weighted by Gasteiger charge is -2.04. The normalized spacial score (nSPS) is 10.4. The van der Waals surface area contributed by atoms with E-state index in [4.69, 9.17) is 4.74 Å². The Balaban J connectivity index is 1.76. The lowest BCUT2D eigenvalue weighted by Crippen LogP contribution is -2.05. The molecule has 0 unspecified atom stereocenters. The lowest BCUT2D eigenvalue weighted by atomic mass is 10.2. The molecular weight excluding hydrogens is 320 g/mol. The molecule has 0 bridgehead atoms. The Kier molecular flexibility index (Phi) is 4.40. The van der Waals surface area contributed by atoms with Gasteiger partial charge in [0.05, 0.1) is 17.0 Å². The number of hydrogen-bond acceptors (Lipinski definition) is 8. The smallest absolute Gasteiger partial charge is 0.338 e. The molecule has 3 aromatic heterocycles. The minimum atomic E-state index is -0.371. The first-order valence-electron chi connectivity index (χ1n) is 6.54. The highest BCUT2D eigenvalue weighted by Gasteiger charge is 2.10. The van der Waals surface area contributed by atoms with Gasteiger partial charge in [0.25, 0.3) is 0 Å². The monoisotopic (exact) mass is 332 g/mol. The van der Waals surface area contributed by atoms with Gasteiger partial charge in [0.15, 0.2) is 5.01 Å². The van der Waals surface area contributed by atoms with Gasteiger partial charge in [-0.1, -0.05) is 17.4 Å². The average Bonchev–Trinajstić information content (AvgIpc) is 3.18. The standard InChI is InChI=1S/C14H12N4O2S2/c1-2-20-13(19)9-5-6-15-11(8-9)16-14-18-17-12(22-14)10-4-3-7-21-10/h3-8H,2H2,1H3,(H,15,16,18). The predicted molar refractivity (Wildman–Crippen MR) is 86.7 cm³/mol. The zero-order valence-corrected chi connectivity index (χ0v) is 13.3. The summed E-state index contributed by atoms with van der Waals surface area (Å²) in [4.78, 5) is 16.9. The van der Waals surface area contributed by atoms with Crippen LogP contribution in [0.25, 0.3) is 9.88 Å². The number of ether oxygens (including phenoxy) is 1. The zero-order valence-electron chi connectivity index (χ0n) is 11.6. The second-order valence-electron chi connectivity index (χ2n) is 4.16. The first kappa shape index (κ1) is 14.6. The number of nitrogens with zero attached hydrogens (tertiary/aromatic N) is 3. The SMILES string of the molecule is CCOC(=O)c1ccnc(Nc2nnc(-c3cccs3)s2)c1. The molecule has 0 radical (unpaired) electrons. The second kappa shape index (κ2) is 6.63. The summed E-state index contributed by atoms with van der Waals surface area (Å²) in [7, 11) is 0. The number of pyridine rings is 1. The number of rotatable bonds is 5. The van der Waals surface area contributed by atoms with Crippen LogP contribution in [-0.4, -0.2) is 27.8 Å². The maximum atomic E-state index is 11.7.